The van der Waals surface area contributed by atoms with Crippen molar-refractivity contribution in [1.82, 2.24) is 15.2 Å². The zero-order valence-electron chi connectivity index (χ0n) is 12.7. The van der Waals surface area contributed by atoms with Crippen LogP contribution < -0.4 is 5.32 Å². The molecule has 1 aliphatic heterocycles. The van der Waals surface area contributed by atoms with E-state index in [0.717, 1.165) is 25.3 Å². The molecule has 21 heavy (non-hydrogen) atoms. The lowest BCUT2D eigenvalue weighted by molar-refractivity contribution is 0.0600. The second kappa shape index (κ2) is 8.97. The molecule has 1 aliphatic rings. The maximum absolute atomic E-state index is 11.4. The minimum Gasteiger partial charge on any atom is -0.465 e. The van der Waals surface area contributed by atoms with Crippen molar-refractivity contribution in [3.05, 3.63) is 29.6 Å². The van der Waals surface area contributed by atoms with Gasteiger partial charge in [0.1, 0.15) is 0 Å². The highest BCUT2D eigenvalue weighted by Gasteiger charge is 2.17. The molecule has 1 saturated heterocycles. The molecule has 2 heterocycles. The highest BCUT2D eigenvalue weighted by atomic mass is 35.5. The third-order valence-electron chi connectivity index (χ3n) is 3.83. The first-order chi connectivity index (χ1) is 9.70. The Morgan fingerprint density at radius 1 is 1.43 bits per heavy atom. The SMILES string of the molecule is COC(=O)c1ccc(CN(C)C2CCCNCC2)nc1.Cl. The van der Waals surface area contributed by atoms with E-state index in [1.165, 1.54) is 26.4 Å². The summed E-state index contributed by atoms with van der Waals surface area (Å²) in [5.41, 5.74) is 1.48. The number of hydrogen-bond acceptors (Lipinski definition) is 5. The molecule has 0 saturated carbocycles. The minimum atomic E-state index is -0.341. The third kappa shape index (κ3) is 5.26. The van der Waals surface area contributed by atoms with Crippen molar-refractivity contribution < 1.29 is 9.53 Å². The summed E-state index contributed by atoms with van der Waals surface area (Å²) in [5.74, 6) is -0.341. The number of esters is 1. The van der Waals surface area contributed by atoms with E-state index in [4.69, 9.17) is 0 Å². The summed E-state index contributed by atoms with van der Waals surface area (Å²) in [6.45, 7) is 3.02. The fraction of sp³-hybridized carbons (Fsp3) is 0.600. The number of rotatable bonds is 4. The maximum Gasteiger partial charge on any atom is 0.339 e. The molecular weight excluding hydrogens is 290 g/mol. The molecule has 0 aromatic carbocycles. The van der Waals surface area contributed by atoms with E-state index < -0.39 is 0 Å². The summed E-state index contributed by atoms with van der Waals surface area (Å²) < 4.78 is 4.67. The normalized spacial score (nSPS) is 18.7. The van der Waals surface area contributed by atoms with Gasteiger partial charge in [-0.05, 0) is 51.5 Å². The van der Waals surface area contributed by atoms with Gasteiger partial charge in [0.15, 0.2) is 0 Å². The molecule has 2 rings (SSSR count). The van der Waals surface area contributed by atoms with Crippen molar-refractivity contribution in [1.29, 1.82) is 0 Å². The zero-order chi connectivity index (χ0) is 14.4. The summed E-state index contributed by atoms with van der Waals surface area (Å²) in [5, 5.41) is 3.43. The Morgan fingerprint density at radius 2 is 2.24 bits per heavy atom. The molecule has 0 bridgehead atoms. The standard InChI is InChI=1S/C15H23N3O2.ClH/c1-18(14-4-3-8-16-9-7-14)11-13-6-5-12(10-17-13)15(19)20-2;/h5-6,10,14,16H,3-4,7-9,11H2,1-2H3;1H. The summed E-state index contributed by atoms with van der Waals surface area (Å²) in [7, 11) is 3.52. The van der Waals surface area contributed by atoms with Gasteiger partial charge in [-0.15, -0.1) is 12.4 Å². The zero-order valence-corrected chi connectivity index (χ0v) is 13.5. The number of carbonyl (C=O) groups is 1. The average Bonchev–Trinajstić information content (AvgIpc) is 2.76. The van der Waals surface area contributed by atoms with Gasteiger partial charge in [0, 0.05) is 18.8 Å². The smallest absolute Gasteiger partial charge is 0.339 e. The number of methoxy groups -OCH3 is 1. The number of ether oxygens (including phenoxy) is 1. The van der Waals surface area contributed by atoms with Gasteiger partial charge in [-0.3, -0.25) is 9.88 Å². The Hall–Kier alpha value is -1.17. The Morgan fingerprint density at radius 3 is 2.90 bits per heavy atom. The van der Waals surface area contributed by atoms with Gasteiger partial charge in [0.2, 0.25) is 0 Å². The molecule has 0 amide bonds. The quantitative estimate of drug-likeness (QED) is 0.860. The molecule has 1 aromatic rings. The number of carbonyl (C=O) groups excluding carboxylic acids is 1. The number of nitrogens with one attached hydrogen (secondary N) is 1. The first kappa shape index (κ1) is 17.9. The van der Waals surface area contributed by atoms with E-state index in [1.54, 1.807) is 12.3 Å². The highest BCUT2D eigenvalue weighted by molar-refractivity contribution is 5.88. The molecule has 1 N–H and O–H groups in total. The highest BCUT2D eigenvalue weighted by Crippen LogP contribution is 2.14. The van der Waals surface area contributed by atoms with Gasteiger partial charge < -0.3 is 10.1 Å². The third-order valence-corrected chi connectivity index (χ3v) is 3.83. The molecule has 0 aliphatic carbocycles. The van der Waals surface area contributed by atoms with Crippen LogP contribution >= 0.6 is 12.4 Å². The maximum atomic E-state index is 11.4. The number of nitrogens with zero attached hydrogens (tertiary/aromatic N) is 2. The van der Waals surface area contributed by atoms with Gasteiger partial charge in [-0.25, -0.2) is 4.79 Å². The molecule has 0 spiro atoms. The van der Waals surface area contributed by atoms with Crippen molar-refractivity contribution in [3.63, 3.8) is 0 Å². The van der Waals surface area contributed by atoms with Gasteiger partial charge in [-0.1, -0.05) is 0 Å². The van der Waals surface area contributed by atoms with E-state index in [1.807, 2.05) is 6.07 Å². The molecule has 1 unspecified atom stereocenters. The van der Waals surface area contributed by atoms with E-state index in [2.05, 4.69) is 27.0 Å². The molecule has 118 valence electrons. The van der Waals surface area contributed by atoms with Crippen molar-refractivity contribution in [2.45, 2.75) is 31.8 Å². The summed E-state index contributed by atoms with van der Waals surface area (Å²) in [4.78, 5) is 18.1. The Bertz CT molecular complexity index is 431. The van der Waals surface area contributed by atoms with E-state index in [0.29, 0.717) is 11.6 Å². The fourth-order valence-electron chi connectivity index (χ4n) is 2.58. The van der Waals surface area contributed by atoms with E-state index in [-0.39, 0.29) is 18.4 Å². The van der Waals surface area contributed by atoms with Crippen LogP contribution in [0.1, 0.15) is 35.3 Å². The Labute approximate surface area is 132 Å². The lowest BCUT2D eigenvalue weighted by Gasteiger charge is -2.26. The first-order valence-corrected chi connectivity index (χ1v) is 7.15. The van der Waals surface area contributed by atoms with Crippen LogP contribution in [0.4, 0.5) is 0 Å². The predicted molar refractivity (Wildman–Crippen MR) is 84.8 cm³/mol. The van der Waals surface area contributed by atoms with Crippen molar-refractivity contribution in [3.8, 4) is 0 Å². The second-order valence-electron chi connectivity index (χ2n) is 5.28. The van der Waals surface area contributed by atoms with Crippen molar-refractivity contribution >= 4 is 18.4 Å². The van der Waals surface area contributed by atoms with Crippen LogP contribution in [0, 0.1) is 0 Å². The summed E-state index contributed by atoms with van der Waals surface area (Å²) >= 11 is 0. The topological polar surface area (TPSA) is 54.5 Å². The van der Waals surface area contributed by atoms with Crippen LogP contribution in [0.5, 0.6) is 0 Å². The lowest BCUT2D eigenvalue weighted by atomic mass is 10.1. The van der Waals surface area contributed by atoms with Crippen LogP contribution in [-0.4, -0.2) is 49.1 Å². The average molecular weight is 314 g/mol. The fourth-order valence-corrected chi connectivity index (χ4v) is 2.58. The van der Waals surface area contributed by atoms with E-state index >= 15 is 0 Å². The summed E-state index contributed by atoms with van der Waals surface area (Å²) in [6.07, 6.45) is 5.22. The summed E-state index contributed by atoms with van der Waals surface area (Å²) in [6, 6.07) is 4.28. The van der Waals surface area contributed by atoms with Crippen LogP contribution in [0.2, 0.25) is 0 Å². The number of halogens is 1. The van der Waals surface area contributed by atoms with Crippen LogP contribution in [0.25, 0.3) is 0 Å². The number of pyridine rings is 1. The molecule has 5 nitrogen and oxygen atoms in total. The van der Waals surface area contributed by atoms with Crippen molar-refractivity contribution in [2.75, 3.05) is 27.2 Å². The molecule has 1 atom stereocenters. The molecule has 1 fully saturated rings. The number of aromatic nitrogens is 1. The number of hydrogen-bond donors (Lipinski definition) is 1. The Kier molecular flexibility index (Phi) is 7.64. The molecule has 1 aromatic heterocycles. The van der Waals surface area contributed by atoms with Gasteiger partial charge in [0.05, 0.1) is 18.4 Å². The lowest BCUT2D eigenvalue weighted by Crippen LogP contribution is -2.32. The van der Waals surface area contributed by atoms with Gasteiger partial charge in [-0.2, -0.15) is 0 Å². The predicted octanol–water partition coefficient (Wildman–Crippen LogP) is 1.86. The molecule has 6 heteroatoms. The molecular formula is C15H24ClN3O2. The second-order valence-corrected chi connectivity index (χ2v) is 5.28. The minimum absolute atomic E-state index is 0. The van der Waals surface area contributed by atoms with Gasteiger partial charge >= 0.3 is 5.97 Å². The monoisotopic (exact) mass is 313 g/mol. The molecule has 0 radical (unpaired) electrons. The van der Waals surface area contributed by atoms with Crippen LogP contribution in [-0.2, 0) is 11.3 Å². The Balaban J connectivity index is 0.00000220. The van der Waals surface area contributed by atoms with Crippen LogP contribution in [0.3, 0.4) is 0 Å². The first-order valence-electron chi connectivity index (χ1n) is 7.15. The van der Waals surface area contributed by atoms with Gasteiger partial charge in [0.25, 0.3) is 0 Å². The van der Waals surface area contributed by atoms with E-state index in [9.17, 15) is 4.79 Å². The largest absolute Gasteiger partial charge is 0.465 e. The van der Waals surface area contributed by atoms with Crippen molar-refractivity contribution in [2.24, 2.45) is 0 Å². The van der Waals surface area contributed by atoms with Crippen LogP contribution in [0.15, 0.2) is 18.3 Å².